The molecule has 0 spiro atoms. The summed E-state index contributed by atoms with van der Waals surface area (Å²) in [5.74, 6) is 0.311. The smallest absolute Gasteiger partial charge is 0.341 e. The summed E-state index contributed by atoms with van der Waals surface area (Å²) in [5, 5.41) is 14.7. The Bertz CT molecular complexity index is 1050. The van der Waals surface area contributed by atoms with Crippen molar-refractivity contribution in [2.75, 3.05) is 18.2 Å². The summed E-state index contributed by atoms with van der Waals surface area (Å²) in [5.41, 5.74) is 2.27. The lowest BCUT2D eigenvalue weighted by atomic mass is 10.1. The number of ether oxygens (including phenoxy) is 1. The third-order valence-corrected chi connectivity index (χ3v) is 7.33. The molecule has 0 saturated heterocycles. The van der Waals surface area contributed by atoms with E-state index in [0.29, 0.717) is 22.3 Å². The van der Waals surface area contributed by atoms with Crippen molar-refractivity contribution in [3.05, 3.63) is 32.3 Å². The van der Waals surface area contributed by atoms with Crippen molar-refractivity contribution in [2.45, 2.75) is 39.4 Å². The van der Waals surface area contributed by atoms with Gasteiger partial charge >= 0.3 is 5.97 Å². The van der Waals surface area contributed by atoms with E-state index in [1.54, 1.807) is 11.3 Å². The molecule has 1 N–H and O–H groups in total. The zero-order valence-electron chi connectivity index (χ0n) is 16.9. The van der Waals surface area contributed by atoms with Crippen LogP contribution in [0.3, 0.4) is 0 Å². The highest BCUT2D eigenvalue weighted by Gasteiger charge is 2.22. The van der Waals surface area contributed by atoms with Crippen LogP contribution in [-0.2, 0) is 16.1 Å². The normalized spacial score (nSPS) is 10.9. The molecule has 0 unspecified atom stereocenters. The molecule has 154 valence electrons. The van der Waals surface area contributed by atoms with Crippen molar-refractivity contribution < 1.29 is 14.3 Å². The first kappa shape index (κ1) is 21.5. The Labute approximate surface area is 181 Å². The number of nitrogens with zero attached hydrogens (tertiary/aromatic N) is 3. The van der Waals surface area contributed by atoms with Crippen molar-refractivity contribution in [3.8, 4) is 11.4 Å². The number of amides is 1. The lowest BCUT2D eigenvalue weighted by Crippen LogP contribution is -2.16. The Morgan fingerprint density at radius 1 is 1.28 bits per heavy atom. The maximum atomic E-state index is 12.5. The molecular formula is C19H22N4O3S3. The summed E-state index contributed by atoms with van der Waals surface area (Å²) in [7, 11) is 1.33. The van der Waals surface area contributed by atoms with Crippen LogP contribution in [0.1, 0.15) is 32.6 Å². The molecular weight excluding hydrogens is 428 g/mol. The number of aromatic nitrogens is 3. The molecule has 7 nitrogen and oxygen atoms in total. The molecule has 0 fully saturated rings. The molecule has 29 heavy (non-hydrogen) atoms. The van der Waals surface area contributed by atoms with Gasteiger partial charge in [0.1, 0.15) is 5.00 Å². The molecule has 1 amide bonds. The van der Waals surface area contributed by atoms with Gasteiger partial charge < -0.3 is 14.6 Å². The van der Waals surface area contributed by atoms with Crippen LogP contribution in [0.15, 0.2) is 16.6 Å². The van der Waals surface area contributed by atoms with E-state index in [1.807, 2.05) is 25.3 Å². The van der Waals surface area contributed by atoms with E-state index in [9.17, 15) is 9.59 Å². The number of methoxy groups -OCH3 is 1. The molecule has 0 radical (unpaired) electrons. The van der Waals surface area contributed by atoms with E-state index < -0.39 is 5.97 Å². The van der Waals surface area contributed by atoms with Crippen LogP contribution in [0, 0.1) is 20.8 Å². The summed E-state index contributed by atoms with van der Waals surface area (Å²) >= 11 is 4.36. The van der Waals surface area contributed by atoms with Crippen molar-refractivity contribution in [1.82, 2.24) is 14.8 Å². The molecule has 0 aliphatic carbocycles. The van der Waals surface area contributed by atoms with Crippen LogP contribution < -0.4 is 5.32 Å². The minimum Gasteiger partial charge on any atom is -0.465 e. The molecule has 0 saturated carbocycles. The van der Waals surface area contributed by atoms with Gasteiger partial charge in [0.25, 0.3) is 0 Å². The van der Waals surface area contributed by atoms with Crippen molar-refractivity contribution in [2.24, 2.45) is 0 Å². The Hall–Kier alpha value is -2.17. The maximum Gasteiger partial charge on any atom is 0.341 e. The topological polar surface area (TPSA) is 86.1 Å². The monoisotopic (exact) mass is 450 g/mol. The Morgan fingerprint density at radius 2 is 2.03 bits per heavy atom. The van der Waals surface area contributed by atoms with Crippen LogP contribution >= 0.6 is 34.4 Å². The molecule has 3 aromatic rings. The van der Waals surface area contributed by atoms with Crippen LogP contribution in [0.4, 0.5) is 5.00 Å². The standard InChI is InChI=1S/C19H22N4O3S3/c1-6-23-16(13-7-10(2)27-8-13)21-22-19(23)28-9-14(24)20-17-15(18(25)26-5)11(3)12(4)29-17/h7-8H,6,9H2,1-5H3,(H,20,24). The number of carbonyl (C=O) groups excluding carboxylic acids is 2. The zero-order valence-corrected chi connectivity index (χ0v) is 19.3. The van der Waals surface area contributed by atoms with Crippen molar-refractivity contribution >= 4 is 51.3 Å². The lowest BCUT2D eigenvalue weighted by molar-refractivity contribution is -0.113. The fourth-order valence-corrected chi connectivity index (χ4v) is 5.36. The molecule has 3 aromatic heterocycles. The predicted molar refractivity (Wildman–Crippen MR) is 118 cm³/mol. The highest BCUT2D eigenvalue weighted by atomic mass is 32.2. The summed E-state index contributed by atoms with van der Waals surface area (Å²) < 4.78 is 6.85. The van der Waals surface area contributed by atoms with Crippen molar-refractivity contribution in [1.29, 1.82) is 0 Å². The van der Waals surface area contributed by atoms with Gasteiger partial charge in [-0.05, 0) is 39.3 Å². The first-order chi connectivity index (χ1) is 13.8. The molecule has 3 rings (SSSR count). The van der Waals surface area contributed by atoms with Crippen LogP contribution in [-0.4, -0.2) is 39.5 Å². The first-order valence-electron chi connectivity index (χ1n) is 8.95. The zero-order chi connectivity index (χ0) is 21.1. The SMILES string of the molecule is CCn1c(SCC(=O)Nc2sc(C)c(C)c2C(=O)OC)nnc1-c1csc(C)c1. The third kappa shape index (κ3) is 4.54. The molecule has 0 aliphatic heterocycles. The number of thiophene rings is 2. The highest BCUT2D eigenvalue weighted by Crippen LogP contribution is 2.33. The summed E-state index contributed by atoms with van der Waals surface area (Å²) in [4.78, 5) is 26.8. The van der Waals surface area contributed by atoms with Gasteiger partial charge in [0.05, 0.1) is 18.4 Å². The van der Waals surface area contributed by atoms with Gasteiger partial charge in [-0.2, -0.15) is 0 Å². The maximum absolute atomic E-state index is 12.5. The third-order valence-electron chi connectivity index (χ3n) is 4.38. The lowest BCUT2D eigenvalue weighted by Gasteiger charge is -2.07. The van der Waals surface area contributed by atoms with Gasteiger partial charge in [-0.1, -0.05) is 11.8 Å². The van der Waals surface area contributed by atoms with Gasteiger partial charge in [-0.15, -0.1) is 32.9 Å². The fourth-order valence-electron chi connectivity index (χ4n) is 2.81. The molecule has 0 bridgehead atoms. The second-order valence-electron chi connectivity index (χ2n) is 6.31. The quantitative estimate of drug-likeness (QED) is 0.420. The number of hydrogen-bond donors (Lipinski definition) is 1. The number of nitrogens with one attached hydrogen (secondary N) is 1. The predicted octanol–water partition coefficient (Wildman–Crippen LogP) is 4.53. The molecule has 10 heteroatoms. The Morgan fingerprint density at radius 3 is 2.66 bits per heavy atom. The molecule has 0 atom stereocenters. The number of rotatable bonds is 7. The van der Waals surface area contributed by atoms with Crippen LogP contribution in [0.5, 0.6) is 0 Å². The number of carbonyl (C=O) groups is 2. The summed E-state index contributed by atoms with van der Waals surface area (Å²) in [6.07, 6.45) is 0. The second-order valence-corrected chi connectivity index (χ2v) is 9.59. The van der Waals surface area contributed by atoms with E-state index in [-0.39, 0.29) is 11.7 Å². The first-order valence-corrected chi connectivity index (χ1v) is 11.6. The summed E-state index contributed by atoms with van der Waals surface area (Å²) in [6, 6.07) is 2.08. The summed E-state index contributed by atoms with van der Waals surface area (Å²) in [6.45, 7) is 8.54. The molecule has 0 aliphatic rings. The van der Waals surface area contributed by atoms with E-state index in [0.717, 1.165) is 21.8 Å². The van der Waals surface area contributed by atoms with Gasteiger partial charge in [0.15, 0.2) is 11.0 Å². The number of esters is 1. The van der Waals surface area contributed by atoms with Crippen molar-refractivity contribution in [3.63, 3.8) is 0 Å². The largest absolute Gasteiger partial charge is 0.465 e. The van der Waals surface area contributed by atoms with Gasteiger partial charge in [-0.25, -0.2) is 4.79 Å². The van der Waals surface area contributed by atoms with E-state index in [4.69, 9.17) is 4.74 Å². The van der Waals surface area contributed by atoms with Gasteiger partial charge in [0, 0.05) is 27.2 Å². The van der Waals surface area contributed by atoms with Crippen LogP contribution in [0.25, 0.3) is 11.4 Å². The average molecular weight is 451 g/mol. The number of hydrogen-bond acceptors (Lipinski definition) is 8. The van der Waals surface area contributed by atoms with Crippen LogP contribution in [0.2, 0.25) is 0 Å². The highest BCUT2D eigenvalue weighted by molar-refractivity contribution is 7.99. The fraction of sp³-hybridized carbons (Fsp3) is 0.368. The Kier molecular flexibility index (Phi) is 6.76. The second kappa shape index (κ2) is 9.10. The minimum absolute atomic E-state index is 0.164. The molecule has 0 aromatic carbocycles. The minimum atomic E-state index is -0.448. The van der Waals surface area contributed by atoms with E-state index in [1.165, 1.54) is 35.1 Å². The molecule has 3 heterocycles. The van der Waals surface area contributed by atoms with Gasteiger partial charge in [-0.3, -0.25) is 4.79 Å². The van der Waals surface area contributed by atoms with E-state index in [2.05, 4.69) is 33.9 Å². The number of aryl methyl sites for hydroxylation is 2. The Balaban J connectivity index is 1.72. The number of anilines is 1. The number of thioether (sulfide) groups is 1. The average Bonchev–Trinajstić information content (AvgIpc) is 3.37. The van der Waals surface area contributed by atoms with Gasteiger partial charge in [0.2, 0.25) is 5.91 Å². The van der Waals surface area contributed by atoms with E-state index >= 15 is 0 Å².